The molecule has 114 valence electrons. The van der Waals surface area contributed by atoms with Gasteiger partial charge in [0.25, 0.3) is 0 Å². The Bertz CT molecular complexity index is 531. The average Bonchev–Trinajstić information content (AvgIpc) is 2.39. The van der Waals surface area contributed by atoms with Gasteiger partial charge in [-0.3, -0.25) is 0 Å². The van der Waals surface area contributed by atoms with Crippen molar-refractivity contribution in [2.45, 2.75) is 31.1 Å². The molecule has 1 aromatic carbocycles. The Kier molecular flexibility index (Phi) is 7.05. The third-order valence-corrected chi connectivity index (χ3v) is 4.86. The SMILES string of the molecule is CCCC(CCBr)CNS(=O)(=O)c1ccc(F)c(F)c1. The largest absolute Gasteiger partial charge is 0.240 e. The summed E-state index contributed by atoms with van der Waals surface area (Å²) < 4.78 is 52.3. The van der Waals surface area contributed by atoms with E-state index in [1.54, 1.807) is 0 Å². The highest BCUT2D eigenvalue weighted by molar-refractivity contribution is 9.09. The van der Waals surface area contributed by atoms with Crippen LogP contribution in [-0.4, -0.2) is 20.3 Å². The molecule has 0 saturated heterocycles. The standard InChI is InChI=1S/C13H18BrF2NO2S/c1-2-3-10(6-7-14)9-17-20(18,19)11-4-5-12(15)13(16)8-11/h4-5,8,10,17H,2-3,6-7,9H2,1H3. The Morgan fingerprint density at radius 3 is 2.50 bits per heavy atom. The zero-order valence-corrected chi connectivity index (χ0v) is 13.6. The van der Waals surface area contributed by atoms with E-state index < -0.39 is 21.7 Å². The van der Waals surface area contributed by atoms with Crippen molar-refractivity contribution in [3.63, 3.8) is 0 Å². The number of benzene rings is 1. The van der Waals surface area contributed by atoms with E-state index in [2.05, 4.69) is 20.7 Å². The normalized spacial score (nSPS) is 13.4. The summed E-state index contributed by atoms with van der Waals surface area (Å²) in [5, 5.41) is 0.796. The van der Waals surface area contributed by atoms with Gasteiger partial charge in [0.05, 0.1) is 4.90 Å². The van der Waals surface area contributed by atoms with Crippen molar-refractivity contribution < 1.29 is 17.2 Å². The fourth-order valence-corrected chi connectivity index (χ4v) is 3.64. The van der Waals surface area contributed by atoms with E-state index in [0.717, 1.165) is 36.7 Å². The van der Waals surface area contributed by atoms with Crippen LogP contribution in [0.4, 0.5) is 8.78 Å². The molecule has 0 aromatic heterocycles. The molecule has 0 aliphatic carbocycles. The molecule has 3 nitrogen and oxygen atoms in total. The van der Waals surface area contributed by atoms with E-state index in [9.17, 15) is 17.2 Å². The van der Waals surface area contributed by atoms with Gasteiger partial charge in [-0.25, -0.2) is 21.9 Å². The first-order chi connectivity index (χ1) is 9.40. The van der Waals surface area contributed by atoms with E-state index in [0.29, 0.717) is 12.6 Å². The smallest absolute Gasteiger partial charge is 0.211 e. The maximum atomic E-state index is 13.1. The zero-order chi connectivity index (χ0) is 15.2. The van der Waals surface area contributed by atoms with Crippen LogP contribution < -0.4 is 4.72 Å². The van der Waals surface area contributed by atoms with Crippen molar-refractivity contribution >= 4 is 26.0 Å². The molecule has 0 bridgehead atoms. The number of halogens is 3. The number of alkyl halides is 1. The van der Waals surface area contributed by atoms with Crippen LogP contribution in [0.1, 0.15) is 26.2 Å². The van der Waals surface area contributed by atoms with Crippen LogP contribution in [0.3, 0.4) is 0 Å². The number of rotatable bonds is 8. The van der Waals surface area contributed by atoms with Crippen molar-refractivity contribution in [3.8, 4) is 0 Å². The number of sulfonamides is 1. The van der Waals surface area contributed by atoms with E-state index in [-0.39, 0.29) is 10.8 Å². The van der Waals surface area contributed by atoms with Crippen LogP contribution in [0.15, 0.2) is 23.1 Å². The van der Waals surface area contributed by atoms with Crippen molar-refractivity contribution in [3.05, 3.63) is 29.8 Å². The second-order valence-electron chi connectivity index (χ2n) is 4.56. The summed E-state index contributed by atoms with van der Waals surface area (Å²) in [6, 6.07) is 2.56. The zero-order valence-electron chi connectivity index (χ0n) is 11.2. The van der Waals surface area contributed by atoms with Crippen LogP contribution in [0.2, 0.25) is 0 Å². The van der Waals surface area contributed by atoms with Crippen LogP contribution in [-0.2, 0) is 10.0 Å². The van der Waals surface area contributed by atoms with Gasteiger partial charge in [-0.15, -0.1) is 0 Å². The molecule has 0 amide bonds. The summed E-state index contributed by atoms with van der Waals surface area (Å²) in [5.74, 6) is -2.01. The van der Waals surface area contributed by atoms with Crippen molar-refractivity contribution in [2.75, 3.05) is 11.9 Å². The minimum Gasteiger partial charge on any atom is -0.211 e. The first-order valence-electron chi connectivity index (χ1n) is 6.41. The highest BCUT2D eigenvalue weighted by Crippen LogP contribution is 2.16. The molecule has 20 heavy (non-hydrogen) atoms. The molecule has 0 radical (unpaired) electrons. The number of hydrogen-bond acceptors (Lipinski definition) is 2. The molecule has 7 heteroatoms. The average molecular weight is 370 g/mol. The Hall–Kier alpha value is -0.530. The van der Waals surface area contributed by atoms with Crippen LogP contribution in [0.5, 0.6) is 0 Å². The van der Waals surface area contributed by atoms with Gasteiger partial charge in [-0.2, -0.15) is 0 Å². The lowest BCUT2D eigenvalue weighted by Gasteiger charge is -2.15. The summed E-state index contributed by atoms with van der Waals surface area (Å²) in [4.78, 5) is -0.259. The molecule has 0 aliphatic heterocycles. The summed E-state index contributed by atoms with van der Waals surface area (Å²) >= 11 is 3.33. The Morgan fingerprint density at radius 2 is 1.95 bits per heavy atom. The predicted molar refractivity (Wildman–Crippen MR) is 78.4 cm³/mol. The second kappa shape index (κ2) is 8.05. The molecule has 1 N–H and O–H groups in total. The van der Waals surface area contributed by atoms with Gasteiger partial charge < -0.3 is 0 Å². The molecule has 1 aromatic rings. The minimum atomic E-state index is -3.80. The summed E-state index contributed by atoms with van der Waals surface area (Å²) in [6.07, 6.45) is 2.73. The summed E-state index contributed by atoms with van der Waals surface area (Å²) in [5.41, 5.74) is 0. The lowest BCUT2D eigenvalue weighted by molar-refractivity contribution is 0.458. The molecule has 0 heterocycles. The van der Waals surface area contributed by atoms with Crippen molar-refractivity contribution in [2.24, 2.45) is 5.92 Å². The van der Waals surface area contributed by atoms with E-state index >= 15 is 0 Å². The Labute approximate surface area is 126 Å². The maximum absolute atomic E-state index is 13.1. The third kappa shape index (κ3) is 5.10. The molecule has 1 atom stereocenters. The van der Waals surface area contributed by atoms with E-state index in [1.807, 2.05) is 6.92 Å². The van der Waals surface area contributed by atoms with Crippen LogP contribution in [0.25, 0.3) is 0 Å². The minimum absolute atomic E-state index is 0.222. The maximum Gasteiger partial charge on any atom is 0.240 e. The van der Waals surface area contributed by atoms with Gasteiger partial charge in [-0.05, 0) is 37.0 Å². The monoisotopic (exact) mass is 369 g/mol. The first kappa shape index (κ1) is 17.5. The van der Waals surface area contributed by atoms with E-state index in [4.69, 9.17) is 0 Å². The number of nitrogens with one attached hydrogen (secondary N) is 1. The summed E-state index contributed by atoms with van der Waals surface area (Å²) in [6.45, 7) is 2.33. The van der Waals surface area contributed by atoms with Gasteiger partial charge in [0, 0.05) is 11.9 Å². The highest BCUT2D eigenvalue weighted by Gasteiger charge is 2.18. The Balaban J connectivity index is 2.75. The van der Waals surface area contributed by atoms with Crippen molar-refractivity contribution in [1.29, 1.82) is 0 Å². The fourth-order valence-electron chi connectivity index (χ4n) is 1.87. The third-order valence-electron chi connectivity index (χ3n) is 2.98. The molecule has 0 fully saturated rings. The lowest BCUT2D eigenvalue weighted by atomic mass is 10.0. The lowest BCUT2D eigenvalue weighted by Crippen LogP contribution is -2.29. The first-order valence-corrected chi connectivity index (χ1v) is 9.01. The highest BCUT2D eigenvalue weighted by atomic mass is 79.9. The van der Waals surface area contributed by atoms with Crippen LogP contribution in [0, 0.1) is 17.6 Å². The molecule has 0 aliphatic rings. The molecular weight excluding hydrogens is 352 g/mol. The summed E-state index contributed by atoms with van der Waals surface area (Å²) in [7, 11) is -3.80. The van der Waals surface area contributed by atoms with E-state index in [1.165, 1.54) is 0 Å². The molecule has 0 spiro atoms. The Morgan fingerprint density at radius 1 is 1.25 bits per heavy atom. The quantitative estimate of drug-likeness (QED) is 0.713. The number of hydrogen-bond donors (Lipinski definition) is 1. The second-order valence-corrected chi connectivity index (χ2v) is 7.12. The van der Waals surface area contributed by atoms with Gasteiger partial charge >= 0.3 is 0 Å². The fraction of sp³-hybridized carbons (Fsp3) is 0.538. The van der Waals surface area contributed by atoms with Gasteiger partial charge in [0.15, 0.2) is 11.6 Å². The molecule has 1 unspecified atom stereocenters. The van der Waals surface area contributed by atoms with Gasteiger partial charge in [0.1, 0.15) is 0 Å². The molecule has 1 rings (SSSR count). The molecular formula is C13H18BrF2NO2S. The molecule has 0 saturated carbocycles. The van der Waals surface area contributed by atoms with Gasteiger partial charge in [0.2, 0.25) is 10.0 Å². The van der Waals surface area contributed by atoms with Gasteiger partial charge in [-0.1, -0.05) is 29.3 Å². The van der Waals surface area contributed by atoms with Crippen LogP contribution >= 0.6 is 15.9 Å². The predicted octanol–water partition coefficient (Wildman–Crippen LogP) is 3.44. The van der Waals surface area contributed by atoms with Crippen molar-refractivity contribution in [1.82, 2.24) is 4.72 Å². The topological polar surface area (TPSA) is 46.2 Å².